The van der Waals surface area contributed by atoms with E-state index in [9.17, 15) is 13.2 Å². The highest BCUT2D eigenvalue weighted by molar-refractivity contribution is 7.89. The number of oxazole rings is 1. The number of benzene rings is 2. The van der Waals surface area contributed by atoms with Gasteiger partial charge in [0.05, 0.1) is 10.4 Å². The van der Waals surface area contributed by atoms with E-state index in [1.54, 1.807) is 34.9 Å². The normalized spacial score (nSPS) is 11.8. The van der Waals surface area contributed by atoms with E-state index >= 15 is 0 Å². The molecule has 0 aliphatic rings. The van der Waals surface area contributed by atoms with Crippen molar-refractivity contribution in [3.8, 4) is 0 Å². The molecule has 0 saturated heterocycles. The molecular weight excluding hydrogens is 366 g/mol. The molecule has 0 aliphatic carbocycles. The Morgan fingerprint density at radius 3 is 2.59 bits per heavy atom. The maximum absolute atomic E-state index is 12.4. The molecule has 27 heavy (non-hydrogen) atoms. The van der Waals surface area contributed by atoms with Crippen LogP contribution in [0.4, 0.5) is 5.69 Å². The van der Waals surface area contributed by atoms with E-state index in [-0.39, 0.29) is 11.4 Å². The molecule has 0 atom stereocenters. The van der Waals surface area contributed by atoms with Crippen LogP contribution in [0.15, 0.2) is 75.3 Å². The van der Waals surface area contributed by atoms with Crippen molar-refractivity contribution >= 4 is 26.8 Å². The lowest BCUT2D eigenvalue weighted by Crippen LogP contribution is -2.26. The third-order valence-electron chi connectivity index (χ3n) is 4.19. The second kappa shape index (κ2) is 7.81. The summed E-state index contributed by atoms with van der Waals surface area (Å²) in [5.41, 5.74) is 2.07. The minimum atomic E-state index is -3.53. The summed E-state index contributed by atoms with van der Waals surface area (Å²) >= 11 is 0. The molecule has 7 nitrogen and oxygen atoms in total. The molecule has 0 saturated carbocycles. The predicted molar refractivity (Wildman–Crippen MR) is 105 cm³/mol. The summed E-state index contributed by atoms with van der Waals surface area (Å²) in [5, 5.41) is 3.18. The summed E-state index contributed by atoms with van der Waals surface area (Å²) < 4.78 is 32.7. The van der Waals surface area contributed by atoms with E-state index in [2.05, 4.69) is 11.9 Å². The number of nitrogens with zero attached hydrogens (tertiary/aromatic N) is 2. The zero-order valence-corrected chi connectivity index (χ0v) is 15.8. The van der Waals surface area contributed by atoms with E-state index < -0.39 is 15.8 Å². The number of sulfonamides is 1. The highest BCUT2D eigenvalue weighted by Gasteiger charge is 2.19. The van der Waals surface area contributed by atoms with Gasteiger partial charge in [0, 0.05) is 32.4 Å². The predicted octanol–water partition coefficient (Wildman–Crippen LogP) is 2.51. The minimum absolute atomic E-state index is 0.217. The molecule has 0 unspecified atom stereocenters. The SMILES string of the molecule is C=CCN(C)S(=O)(=O)c1ccc(NCCn2c(=O)oc3ccccc32)cc1. The van der Waals surface area contributed by atoms with Gasteiger partial charge in [0.15, 0.2) is 5.58 Å². The Kier molecular flexibility index (Phi) is 5.48. The number of aromatic nitrogens is 1. The van der Waals surface area contributed by atoms with Crippen LogP contribution in [0.1, 0.15) is 0 Å². The van der Waals surface area contributed by atoms with Crippen LogP contribution in [0.5, 0.6) is 0 Å². The van der Waals surface area contributed by atoms with Crippen molar-refractivity contribution in [3.05, 3.63) is 71.7 Å². The van der Waals surface area contributed by atoms with E-state index in [4.69, 9.17) is 4.42 Å². The number of nitrogens with one attached hydrogen (secondary N) is 1. The summed E-state index contributed by atoms with van der Waals surface area (Å²) in [6.45, 7) is 4.72. The molecule has 1 N–H and O–H groups in total. The van der Waals surface area contributed by atoms with Crippen LogP contribution < -0.4 is 11.1 Å². The topological polar surface area (TPSA) is 84.5 Å². The molecule has 2 aromatic carbocycles. The molecule has 3 aromatic rings. The first-order valence-electron chi connectivity index (χ1n) is 8.43. The van der Waals surface area contributed by atoms with E-state index in [1.807, 2.05) is 18.2 Å². The third kappa shape index (κ3) is 3.96. The smallest absolute Gasteiger partial charge is 0.408 e. The number of para-hydroxylation sites is 2. The number of likely N-dealkylation sites (N-methyl/N-ethyl adjacent to an activating group) is 1. The van der Waals surface area contributed by atoms with Gasteiger partial charge in [-0.2, -0.15) is 4.31 Å². The summed E-state index contributed by atoms with van der Waals surface area (Å²) in [6, 6.07) is 13.8. The molecule has 8 heteroatoms. The van der Waals surface area contributed by atoms with Crippen molar-refractivity contribution in [2.24, 2.45) is 0 Å². The summed E-state index contributed by atoms with van der Waals surface area (Å²) in [6.07, 6.45) is 1.54. The Bertz CT molecular complexity index is 1100. The van der Waals surface area contributed by atoms with E-state index in [0.29, 0.717) is 18.7 Å². The highest BCUT2D eigenvalue weighted by atomic mass is 32.2. The van der Waals surface area contributed by atoms with Crippen molar-refractivity contribution < 1.29 is 12.8 Å². The van der Waals surface area contributed by atoms with E-state index in [1.165, 1.54) is 17.4 Å². The lowest BCUT2D eigenvalue weighted by Gasteiger charge is -2.15. The van der Waals surface area contributed by atoms with Gasteiger partial charge in [-0.15, -0.1) is 6.58 Å². The lowest BCUT2D eigenvalue weighted by molar-refractivity contribution is 0.499. The van der Waals surface area contributed by atoms with Gasteiger partial charge in [-0.25, -0.2) is 13.2 Å². The molecule has 142 valence electrons. The quantitative estimate of drug-likeness (QED) is 0.601. The van der Waals surface area contributed by atoms with Gasteiger partial charge in [-0.05, 0) is 36.4 Å². The second-order valence-electron chi connectivity index (χ2n) is 6.01. The average molecular weight is 387 g/mol. The second-order valence-corrected chi connectivity index (χ2v) is 8.06. The molecule has 0 radical (unpaired) electrons. The summed E-state index contributed by atoms with van der Waals surface area (Å²) in [4.78, 5) is 12.2. The summed E-state index contributed by atoms with van der Waals surface area (Å²) in [5.74, 6) is -0.398. The monoisotopic (exact) mass is 387 g/mol. The molecule has 0 spiro atoms. The molecular formula is C19H21N3O4S. The largest absolute Gasteiger partial charge is 0.420 e. The lowest BCUT2D eigenvalue weighted by atomic mass is 10.3. The van der Waals surface area contributed by atoms with Crippen LogP contribution in [0.2, 0.25) is 0 Å². The molecule has 0 aliphatic heterocycles. The van der Waals surface area contributed by atoms with Crippen molar-refractivity contribution in [1.29, 1.82) is 0 Å². The van der Waals surface area contributed by atoms with Crippen molar-refractivity contribution in [2.45, 2.75) is 11.4 Å². The molecule has 1 heterocycles. The Morgan fingerprint density at radius 1 is 1.19 bits per heavy atom. The van der Waals surface area contributed by atoms with E-state index in [0.717, 1.165) is 11.2 Å². The molecule has 1 aromatic heterocycles. The number of fused-ring (bicyclic) bond motifs is 1. The Balaban J connectivity index is 1.66. The van der Waals surface area contributed by atoms with Crippen LogP contribution in [-0.2, 0) is 16.6 Å². The Labute approximate surface area is 157 Å². The third-order valence-corrected chi connectivity index (χ3v) is 6.02. The number of anilines is 1. The highest BCUT2D eigenvalue weighted by Crippen LogP contribution is 2.17. The fraction of sp³-hybridized carbons (Fsp3) is 0.211. The minimum Gasteiger partial charge on any atom is -0.408 e. The molecule has 0 amide bonds. The first kappa shape index (κ1) is 18.9. The first-order valence-corrected chi connectivity index (χ1v) is 9.87. The van der Waals surface area contributed by atoms with Gasteiger partial charge in [0.1, 0.15) is 0 Å². The van der Waals surface area contributed by atoms with Gasteiger partial charge >= 0.3 is 5.76 Å². The first-order chi connectivity index (χ1) is 12.9. The van der Waals surface area contributed by atoms with Gasteiger partial charge < -0.3 is 9.73 Å². The molecule has 0 fully saturated rings. The van der Waals surface area contributed by atoms with Gasteiger partial charge in [0.25, 0.3) is 0 Å². The van der Waals surface area contributed by atoms with Crippen LogP contribution in [-0.4, -0.2) is 37.4 Å². The van der Waals surface area contributed by atoms with Gasteiger partial charge in [-0.1, -0.05) is 18.2 Å². The van der Waals surface area contributed by atoms with Crippen LogP contribution in [0.3, 0.4) is 0 Å². The number of hydrogen-bond donors (Lipinski definition) is 1. The maximum atomic E-state index is 12.4. The van der Waals surface area contributed by atoms with Crippen molar-refractivity contribution in [3.63, 3.8) is 0 Å². The molecule has 3 rings (SSSR count). The standard InChI is InChI=1S/C19H21N3O4S/c1-3-13-21(2)27(24,25)16-10-8-15(9-11-16)20-12-14-22-17-6-4-5-7-18(17)26-19(22)23/h3-11,20H,1,12-14H2,2H3. The average Bonchev–Trinajstić information content (AvgIpc) is 2.98. The van der Waals surface area contributed by atoms with Crippen LogP contribution in [0.25, 0.3) is 11.1 Å². The zero-order chi connectivity index (χ0) is 19.4. The number of rotatable bonds is 8. The maximum Gasteiger partial charge on any atom is 0.420 e. The van der Waals surface area contributed by atoms with Crippen LogP contribution >= 0.6 is 0 Å². The van der Waals surface area contributed by atoms with Crippen molar-refractivity contribution in [1.82, 2.24) is 8.87 Å². The fourth-order valence-corrected chi connectivity index (χ4v) is 3.88. The number of hydrogen-bond acceptors (Lipinski definition) is 5. The van der Waals surface area contributed by atoms with Crippen LogP contribution in [0, 0.1) is 0 Å². The molecule has 0 bridgehead atoms. The summed E-state index contributed by atoms with van der Waals surface area (Å²) in [7, 11) is -2.02. The fourth-order valence-electron chi connectivity index (χ4n) is 2.74. The Hall–Kier alpha value is -2.84. The zero-order valence-electron chi connectivity index (χ0n) is 15.0. The Morgan fingerprint density at radius 2 is 1.89 bits per heavy atom. The van der Waals surface area contributed by atoms with Gasteiger partial charge in [0.2, 0.25) is 10.0 Å². The van der Waals surface area contributed by atoms with Gasteiger partial charge in [-0.3, -0.25) is 4.57 Å². The van der Waals surface area contributed by atoms with Crippen molar-refractivity contribution in [2.75, 3.05) is 25.5 Å².